The van der Waals surface area contributed by atoms with Crippen molar-refractivity contribution in [2.24, 2.45) is 5.73 Å². The van der Waals surface area contributed by atoms with Crippen molar-refractivity contribution in [1.82, 2.24) is 4.98 Å². The number of hydrogen-bond donors (Lipinski definition) is 1. The summed E-state index contributed by atoms with van der Waals surface area (Å²) in [5, 5.41) is 0. The number of aryl methyl sites for hydroxylation is 1. The lowest BCUT2D eigenvalue weighted by atomic mass is 10.1. The van der Waals surface area contributed by atoms with Crippen LogP contribution in [0.25, 0.3) is 0 Å². The van der Waals surface area contributed by atoms with Crippen LogP contribution in [0.5, 0.6) is 0 Å². The standard InChI is InChI=1S/C8H10F2N2/c1-5-2-6(3-11)7(4-12-5)8(9)10/h2,4,8H,3,11H2,1H3. The Bertz CT molecular complexity index is 274. The number of aromatic nitrogens is 1. The molecule has 1 aromatic heterocycles. The second-order valence-corrected chi connectivity index (χ2v) is 2.53. The van der Waals surface area contributed by atoms with Gasteiger partial charge in [0, 0.05) is 24.0 Å². The van der Waals surface area contributed by atoms with Crippen molar-refractivity contribution in [2.75, 3.05) is 0 Å². The van der Waals surface area contributed by atoms with E-state index in [1.54, 1.807) is 13.0 Å². The van der Waals surface area contributed by atoms with E-state index in [-0.39, 0.29) is 12.1 Å². The molecular weight excluding hydrogens is 162 g/mol. The van der Waals surface area contributed by atoms with E-state index in [0.29, 0.717) is 11.3 Å². The monoisotopic (exact) mass is 172 g/mol. The van der Waals surface area contributed by atoms with Crippen molar-refractivity contribution < 1.29 is 8.78 Å². The molecule has 1 aromatic rings. The Balaban J connectivity index is 3.11. The molecule has 0 saturated heterocycles. The van der Waals surface area contributed by atoms with Crippen molar-refractivity contribution in [1.29, 1.82) is 0 Å². The molecule has 0 aliphatic carbocycles. The fourth-order valence-corrected chi connectivity index (χ4v) is 1.00. The van der Waals surface area contributed by atoms with Gasteiger partial charge in [-0.15, -0.1) is 0 Å². The van der Waals surface area contributed by atoms with Crippen molar-refractivity contribution in [3.63, 3.8) is 0 Å². The zero-order valence-corrected chi connectivity index (χ0v) is 6.72. The number of pyridine rings is 1. The summed E-state index contributed by atoms with van der Waals surface area (Å²) < 4.78 is 24.5. The second kappa shape index (κ2) is 3.58. The zero-order chi connectivity index (χ0) is 9.14. The molecule has 2 nitrogen and oxygen atoms in total. The van der Waals surface area contributed by atoms with E-state index in [4.69, 9.17) is 5.73 Å². The van der Waals surface area contributed by atoms with Crippen LogP contribution in [-0.2, 0) is 6.54 Å². The third kappa shape index (κ3) is 1.76. The van der Waals surface area contributed by atoms with Crippen LogP contribution in [0.15, 0.2) is 12.3 Å². The van der Waals surface area contributed by atoms with E-state index in [1.165, 1.54) is 6.20 Å². The summed E-state index contributed by atoms with van der Waals surface area (Å²) >= 11 is 0. The number of nitrogens with two attached hydrogens (primary N) is 1. The van der Waals surface area contributed by atoms with E-state index in [0.717, 1.165) is 0 Å². The lowest BCUT2D eigenvalue weighted by molar-refractivity contribution is 0.149. The molecule has 0 radical (unpaired) electrons. The zero-order valence-electron chi connectivity index (χ0n) is 6.72. The molecule has 0 atom stereocenters. The minimum atomic E-state index is -2.49. The van der Waals surface area contributed by atoms with E-state index < -0.39 is 6.43 Å². The topological polar surface area (TPSA) is 38.9 Å². The van der Waals surface area contributed by atoms with Gasteiger partial charge >= 0.3 is 0 Å². The first-order valence-electron chi connectivity index (χ1n) is 3.58. The molecule has 0 spiro atoms. The molecule has 66 valence electrons. The van der Waals surface area contributed by atoms with Crippen molar-refractivity contribution in [3.8, 4) is 0 Å². The van der Waals surface area contributed by atoms with Gasteiger partial charge in [-0.25, -0.2) is 8.78 Å². The Labute approximate surface area is 69.4 Å². The molecular formula is C8H10F2N2. The number of nitrogens with zero attached hydrogens (tertiary/aromatic N) is 1. The van der Waals surface area contributed by atoms with Gasteiger partial charge in [0.2, 0.25) is 0 Å². The molecule has 0 unspecified atom stereocenters. The summed E-state index contributed by atoms with van der Waals surface area (Å²) in [6.45, 7) is 1.87. The number of rotatable bonds is 2. The van der Waals surface area contributed by atoms with Crippen LogP contribution in [0.3, 0.4) is 0 Å². The molecule has 0 aromatic carbocycles. The van der Waals surface area contributed by atoms with Gasteiger partial charge in [-0.2, -0.15) is 0 Å². The number of alkyl halides is 2. The van der Waals surface area contributed by atoms with Gasteiger partial charge in [-0.3, -0.25) is 4.98 Å². The summed E-state index contributed by atoms with van der Waals surface area (Å²) in [5.41, 5.74) is 6.41. The fraction of sp³-hybridized carbons (Fsp3) is 0.375. The van der Waals surface area contributed by atoms with Crippen LogP contribution >= 0.6 is 0 Å². The second-order valence-electron chi connectivity index (χ2n) is 2.53. The van der Waals surface area contributed by atoms with Crippen LogP contribution in [0.4, 0.5) is 8.78 Å². The number of hydrogen-bond acceptors (Lipinski definition) is 2. The van der Waals surface area contributed by atoms with Gasteiger partial charge < -0.3 is 5.73 Å². The predicted molar refractivity (Wildman–Crippen MR) is 41.8 cm³/mol. The molecule has 12 heavy (non-hydrogen) atoms. The normalized spacial score (nSPS) is 10.8. The van der Waals surface area contributed by atoms with E-state index in [2.05, 4.69) is 4.98 Å². The van der Waals surface area contributed by atoms with E-state index in [9.17, 15) is 8.78 Å². The first kappa shape index (κ1) is 9.06. The summed E-state index contributed by atoms with van der Waals surface area (Å²) in [5.74, 6) is 0. The SMILES string of the molecule is Cc1cc(CN)c(C(F)F)cn1. The molecule has 0 saturated carbocycles. The molecule has 0 bridgehead atoms. The highest BCUT2D eigenvalue weighted by Gasteiger charge is 2.11. The molecule has 0 amide bonds. The molecule has 1 rings (SSSR count). The van der Waals surface area contributed by atoms with Crippen LogP contribution in [-0.4, -0.2) is 4.98 Å². The maximum absolute atomic E-state index is 12.3. The quantitative estimate of drug-likeness (QED) is 0.738. The van der Waals surface area contributed by atoms with Crippen molar-refractivity contribution >= 4 is 0 Å². The molecule has 2 N–H and O–H groups in total. The highest BCUT2D eigenvalue weighted by Crippen LogP contribution is 2.21. The summed E-state index contributed by atoms with van der Waals surface area (Å²) in [6.07, 6.45) is -1.31. The van der Waals surface area contributed by atoms with Gasteiger partial charge in [-0.1, -0.05) is 0 Å². The minimum absolute atomic E-state index is 0.0666. The molecule has 0 aliphatic heterocycles. The van der Waals surface area contributed by atoms with Crippen LogP contribution in [0, 0.1) is 6.92 Å². The average molecular weight is 172 g/mol. The lowest BCUT2D eigenvalue weighted by Gasteiger charge is -2.06. The Hall–Kier alpha value is -1.03. The Morgan fingerprint density at radius 2 is 2.25 bits per heavy atom. The van der Waals surface area contributed by atoms with Crippen LogP contribution in [0.2, 0.25) is 0 Å². The first-order chi connectivity index (χ1) is 5.65. The molecule has 0 fully saturated rings. The number of halogens is 2. The lowest BCUT2D eigenvalue weighted by Crippen LogP contribution is -2.03. The molecule has 1 heterocycles. The fourth-order valence-electron chi connectivity index (χ4n) is 1.00. The first-order valence-corrected chi connectivity index (χ1v) is 3.58. The molecule has 0 aliphatic rings. The largest absolute Gasteiger partial charge is 0.326 e. The Kier molecular flexibility index (Phi) is 2.70. The van der Waals surface area contributed by atoms with Crippen LogP contribution < -0.4 is 5.73 Å². The smallest absolute Gasteiger partial charge is 0.265 e. The van der Waals surface area contributed by atoms with Gasteiger partial charge in [0.1, 0.15) is 0 Å². The van der Waals surface area contributed by atoms with E-state index >= 15 is 0 Å². The van der Waals surface area contributed by atoms with Gasteiger partial charge in [0.05, 0.1) is 0 Å². The highest BCUT2D eigenvalue weighted by molar-refractivity contribution is 5.26. The Morgan fingerprint density at radius 3 is 2.75 bits per heavy atom. The highest BCUT2D eigenvalue weighted by atomic mass is 19.3. The minimum Gasteiger partial charge on any atom is -0.326 e. The van der Waals surface area contributed by atoms with Gasteiger partial charge in [0.25, 0.3) is 6.43 Å². The molecule has 4 heteroatoms. The third-order valence-corrected chi connectivity index (χ3v) is 1.62. The summed E-state index contributed by atoms with van der Waals surface area (Å²) in [4.78, 5) is 3.77. The third-order valence-electron chi connectivity index (χ3n) is 1.62. The van der Waals surface area contributed by atoms with Gasteiger partial charge in [-0.05, 0) is 18.6 Å². The predicted octanol–water partition coefficient (Wildman–Crippen LogP) is 1.79. The maximum Gasteiger partial charge on any atom is 0.265 e. The summed E-state index contributed by atoms with van der Waals surface area (Å²) in [6, 6.07) is 1.58. The summed E-state index contributed by atoms with van der Waals surface area (Å²) in [7, 11) is 0. The van der Waals surface area contributed by atoms with Crippen molar-refractivity contribution in [2.45, 2.75) is 19.9 Å². The van der Waals surface area contributed by atoms with Gasteiger partial charge in [0.15, 0.2) is 0 Å². The Morgan fingerprint density at radius 1 is 1.58 bits per heavy atom. The van der Waals surface area contributed by atoms with E-state index in [1.807, 2.05) is 0 Å². The average Bonchev–Trinajstić information content (AvgIpc) is 2.03. The van der Waals surface area contributed by atoms with Crippen molar-refractivity contribution in [3.05, 3.63) is 29.1 Å². The maximum atomic E-state index is 12.3. The van der Waals surface area contributed by atoms with Crippen LogP contribution in [0.1, 0.15) is 23.2 Å².